The lowest BCUT2D eigenvalue weighted by Crippen LogP contribution is -2.08. The second-order valence-electron chi connectivity index (χ2n) is 3.27. The van der Waals surface area contributed by atoms with Gasteiger partial charge < -0.3 is 10.3 Å². The second kappa shape index (κ2) is 4.19. The number of aromatic nitrogens is 3. The van der Waals surface area contributed by atoms with Gasteiger partial charge in [-0.3, -0.25) is 0 Å². The van der Waals surface area contributed by atoms with Crippen LogP contribution in [-0.2, 0) is 6.42 Å². The molecule has 2 rings (SSSR count). The number of imidazole rings is 1. The number of hydrogen-bond acceptors (Lipinski definition) is 3. The van der Waals surface area contributed by atoms with E-state index >= 15 is 0 Å². The van der Waals surface area contributed by atoms with Gasteiger partial charge in [0.05, 0.1) is 5.52 Å². The molecule has 4 nitrogen and oxygen atoms in total. The number of H-pyrrole nitrogens is 1. The molecule has 0 bridgehead atoms. The summed E-state index contributed by atoms with van der Waals surface area (Å²) in [7, 11) is 1.96. The lowest BCUT2D eigenvalue weighted by molar-refractivity contribution is 0.708. The quantitative estimate of drug-likeness (QED) is 0.710. The van der Waals surface area contributed by atoms with E-state index in [9.17, 15) is 0 Å². The third kappa shape index (κ3) is 1.90. The van der Waals surface area contributed by atoms with E-state index in [0.717, 1.165) is 36.4 Å². The number of nitrogens with one attached hydrogen (secondary N) is 2. The van der Waals surface area contributed by atoms with Crippen LogP contribution in [0.3, 0.4) is 0 Å². The zero-order valence-electron chi connectivity index (χ0n) is 8.25. The first-order valence-electron chi connectivity index (χ1n) is 4.84. The van der Waals surface area contributed by atoms with Gasteiger partial charge in [-0.15, -0.1) is 0 Å². The van der Waals surface area contributed by atoms with Crippen LogP contribution in [0.25, 0.3) is 11.2 Å². The Bertz CT molecular complexity index is 374. The molecule has 0 aliphatic carbocycles. The van der Waals surface area contributed by atoms with Crippen LogP contribution >= 0.6 is 0 Å². The third-order valence-electron chi connectivity index (χ3n) is 2.15. The van der Waals surface area contributed by atoms with Gasteiger partial charge in [-0.25, -0.2) is 9.97 Å². The van der Waals surface area contributed by atoms with Gasteiger partial charge in [0, 0.05) is 12.6 Å². The minimum absolute atomic E-state index is 0.812. The summed E-state index contributed by atoms with van der Waals surface area (Å²) in [4.78, 5) is 11.8. The van der Waals surface area contributed by atoms with Gasteiger partial charge in [-0.05, 0) is 32.1 Å². The molecule has 0 spiro atoms. The molecule has 0 amide bonds. The Labute approximate surface area is 82.8 Å². The zero-order valence-corrected chi connectivity index (χ0v) is 8.25. The summed E-state index contributed by atoms with van der Waals surface area (Å²) >= 11 is 0. The van der Waals surface area contributed by atoms with E-state index in [4.69, 9.17) is 0 Å². The van der Waals surface area contributed by atoms with Gasteiger partial charge in [0.15, 0.2) is 5.65 Å². The molecule has 0 radical (unpaired) electrons. The number of nitrogens with zero attached hydrogens (tertiary/aromatic N) is 2. The molecule has 74 valence electrons. The topological polar surface area (TPSA) is 53.6 Å². The molecule has 0 aliphatic heterocycles. The Morgan fingerprint density at radius 1 is 1.50 bits per heavy atom. The van der Waals surface area contributed by atoms with Gasteiger partial charge in [-0.2, -0.15) is 0 Å². The largest absolute Gasteiger partial charge is 0.341 e. The molecule has 14 heavy (non-hydrogen) atoms. The fourth-order valence-electron chi connectivity index (χ4n) is 1.45. The van der Waals surface area contributed by atoms with Crippen LogP contribution in [0.15, 0.2) is 18.3 Å². The highest BCUT2D eigenvalue weighted by Gasteiger charge is 2.01. The average Bonchev–Trinajstić information content (AvgIpc) is 2.60. The van der Waals surface area contributed by atoms with Crippen LogP contribution in [0.1, 0.15) is 12.2 Å². The van der Waals surface area contributed by atoms with E-state index < -0.39 is 0 Å². The predicted octanol–water partition coefficient (Wildman–Crippen LogP) is 1.11. The van der Waals surface area contributed by atoms with Gasteiger partial charge in [-0.1, -0.05) is 0 Å². The van der Waals surface area contributed by atoms with Crippen LogP contribution in [0.2, 0.25) is 0 Å². The lowest BCUT2D eigenvalue weighted by atomic mass is 10.3. The molecule has 0 atom stereocenters. The predicted molar refractivity (Wildman–Crippen MR) is 56.1 cm³/mol. The molecule has 0 saturated carbocycles. The van der Waals surface area contributed by atoms with Crippen molar-refractivity contribution in [3.05, 3.63) is 24.2 Å². The summed E-state index contributed by atoms with van der Waals surface area (Å²) in [6.45, 7) is 1.02. The Morgan fingerprint density at radius 2 is 2.43 bits per heavy atom. The van der Waals surface area contributed by atoms with Crippen molar-refractivity contribution in [2.24, 2.45) is 0 Å². The molecule has 2 aromatic rings. The minimum Gasteiger partial charge on any atom is -0.341 e. The Balaban J connectivity index is 2.11. The van der Waals surface area contributed by atoms with Crippen molar-refractivity contribution in [2.75, 3.05) is 13.6 Å². The van der Waals surface area contributed by atoms with Crippen molar-refractivity contribution in [3.63, 3.8) is 0 Å². The zero-order chi connectivity index (χ0) is 9.80. The maximum Gasteiger partial charge on any atom is 0.177 e. The second-order valence-corrected chi connectivity index (χ2v) is 3.27. The van der Waals surface area contributed by atoms with E-state index in [0.29, 0.717) is 0 Å². The Hall–Kier alpha value is -1.42. The molecule has 2 N–H and O–H groups in total. The van der Waals surface area contributed by atoms with Crippen LogP contribution in [0.5, 0.6) is 0 Å². The van der Waals surface area contributed by atoms with Gasteiger partial charge in [0.1, 0.15) is 5.82 Å². The van der Waals surface area contributed by atoms with Crippen molar-refractivity contribution in [3.8, 4) is 0 Å². The molecule has 2 aromatic heterocycles. The highest BCUT2D eigenvalue weighted by molar-refractivity contribution is 5.69. The highest BCUT2D eigenvalue weighted by Crippen LogP contribution is 2.08. The van der Waals surface area contributed by atoms with E-state index in [-0.39, 0.29) is 0 Å². The first kappa shape index (κ1) is 9.15. The first-order valence-corrected chi connectivity index (χ1v) is 4.84. The summed E-state index contributed by atoms with van der Waals surface area (Å²) < 4.78 is 0. The van der Waals surface area contributed by atoms with Crippen molar-refractivity contribution in [2.45, 2.75) is 12.8 Å². The number of hydrogen-bond donors (Lipinski definition) is 2. The maximum atomic E-state index is 4.39. The maximum absolute atomic E-state index is 4.39. The number of aryl methyl sites for hydroxylation is 1. The number of pyridine rings is 1. The molecule has 0 aliphatic rings. The molecule has 2 heterocycles. The van der Waals surface area contributed by atoms with E-state index in [1.165, 1.54) is 0 Å². The van der Waals surface area contributed by atoms with Crippen LogP contribution in [0, 0.1) is 0 Å². The number of aromatic amines is 1. The Morgan fingerprint density at radius 3 is 3.21 bits per heavy atom. The van der Waals surface area contributed by atoms with E-state index in [1.807, 2.05) is 19.2 Å². The SMILES string of the molecule is CNCCCc1nc2ncccc2[nH]1. The van der Waals surface area contributed by atoms with E-state index in [2.05, 4.69) is 20.3 Å². The smallest absolute Gasteiger partial charge is 0.177 e. The summed E-state index contributed by atoms with van der Waals surface area (Å²) in [5, 5.41) is 3.11. The first-order chi connectivity index (χ1) is 6.90. The number of rotatable bonds is 4. The standard InChI is InChI=1S/C10H14N4/c1-11-6-3-5-9-13-8-4-2-7-12-10(8)14-9/h2,4,7,11H,3,5-6H2,1H3,(H,12,13,14). The summed E-state index contributed by atoms with van der Waals surface area (Å²) in [6, 6.07) is 3.91. The number of fused-ring (bicyclic) bond motifs is 1. The highest BCUT2D eigenvalue weighted by atomic mass is 15.0. The van der Waals surface area contributed by atoms with Crippen molar-refractivity contribution in [1.29, 1.82) is 0 Å². The van der Waals surface area contributed by atoms with Gasteiger partial charge >= 0.3 is 0 Å². The molecule has 0 aromatic carbocycles. The van der Waals surface area contributed by atoms with Crippen molar-refractivity contribution in [1.82, 2.24) is 20.3 Å². The van der Waals surface area contributed by atoms with Crippen LogP contribution in [-0.4, -0.2) is 28.5 Å². The lowest BCUT2D eigenvalue weighted by Gasteiger charge is -1.95. The molecule has 0 fully saturated rings. The fourth-order valence-corrected chi connectivity index (χ4v) is 1.45. The molecule has 4 heteroatoms. The monoisotopic (exact) mass is 190 g/mol. The van der Waals surface area contributed by atoms with Crippen LogP contribution in [0.4, 0.5) is 0 Å². The van der Waals surface area contributed by atoms with Crippen molar-refractivity contribution >= 4 is 11.2 Å². The molecular weight excluding hydrogens is 176 g/mol. The summed E-state index contributed by atoms with van der Waals surface area (Å²) in [5.41, 5.74) is 1.83. The normalized spacial score (nSPS) is 10.9. The van der Waals surface area contributed by atoms with E-state index in [1.54, 1.807) is 6.20 Å². The van der Waals surface area contributed by atoms with Crippen LogP contribution < -0.4 is 5.32 Å². The summed E-state index contributed by atoms with van der Waals surface area (Å²) in [5.74, 6) is 1.02. The molecule has 0 unspecified atom stereocenters. The molecule has 0 saturated heterocycles. The average molecular weight is 190 g/mol. The van der Waals surface area contributed by atoms with Gasteiger partial charge in [0.2, 0.25) is 0 Å². The third-order valence-corrected chi connectivity index (χ3v) is 2.15. The minimum atomic E-state index is 0.812. The Kier molecular flexibility index (Phi) is 2.74. The van der Waals surface area contributed by atoms with Crippen molar-refractivity contribution < 1.29 is 0 Å². The van der Waals surface area contributed by atoms with Gasteiger partial charge in [0.25, 0.3) is 0 Å². The fraction of sp³-hybridized carbons (Fsp3) is 0.400. The summed E-state index contributed by atoms with van der Waals surface area (Å²) in [6.07, 6.45) is 3.83. The molecular formula is C10H14N4.